The maximum absolute atomic E-state index is 12.9. The van der Waals surface area contributed by atoms with Gasteiger partial charge in [-0.15, -0.1) is 0 Å². The van der Waals surface area contributed by atoms with Crippen LogP contribution in [0.25, 0.3) is 5.57 Å². The molecule has 3 aromatic rings. The Morgan fingerprint density at radius 1 is 1.03 bits per heavy atom. The van der Waals surface area contributed by atoms with Gasteiger partial charge in [-0.3, -0.25) is 9.78 Å². The Labute approximate surface area is 206 Å². The van der Waals surface area contributed by atoms with Crippen LogP contribution in [0.5, 0.6) is 0 Å². The van der Waals surface area contributed by atoms with E-state index in [0.29, 0.717) is 29.8 Å². The number of piperidine rings is 1. The fourth-order valence-electron chi connectivity index (χ4n) is 4.79. The molecule has 0 saturated carbocycles. The van der Waals surface area contributed by atoms with Crippen LogP contribution in [0.2, 0.25) is 5.02 Å². The van der Waals surface area contributed by atoms with E-state index in [1.807, 2.05) is 29.2 Å². The maximum atomic E-state index is 12.9. The standard InChI is InChI=1S/C26H24BrClN4O/c27-26-22(29)15-19-2-1-18-14-20(28)3-4-21(18)24(25(19)31-26)17-7-11-32(12-8-17)23(33)13-16-5-9-30-10-6-16/h3-6,9-10,14-15H,1-2,7-8,11-13,29H2. The normalized spacial score (nSPS) is 15.6. The number of nitrogens with two attached hydrogens (primary N) is 1. The summed E-state index contributed by atoms with van der Waals surface area (Å²) >= 11 is 9.86. The number of aryl methyl sites for hydroxylation is 2. The van der Waals surface area contributed by atoms with Crippen LogP contribution in [0.3, 0.4) is 0 Å². The van der Waals surface area contributed by atoms with Crippen molar-refractivity contribution in [1.29, 1.82) is 0 Å². The number of anilines is 1. The molecule has 5 rings (SSSR count). The number of amides is 1. The molecule has 2 aliphatic rings. The Hall–Kier alpha value is -2.70. The largest absolute Gasteiger partial charge is 0.397 e. The minimum atomic E-state index is 0.160. The first-order valence-corrected chi connectivity index (χ1v) is 12.3. The summed E-state index contributed by atoms with van der Waals surface area (Å²) in [5.41, 5.74) is 14.9. The Balaban J connectivity index is 1.49. The number of pyridine rings is 2. The average molecular weight is 524 g/mol. The molecule has 2 N–H and O–H groups in total. The molecule has 1 saturated heterocycles. The van der Waals surface area contributed by atoms with Crippen LogP contribution in [0.1, 0.15) is 40.8 Å². The first kappa shape index (κ1) is 22.1. The third-order valence-corrected chi connectivity index (χ3v) is 7.37. The lowest BCUT2D eigenvalue weighted by atomic mass is 9.88. The second kappa shape index (κ2) is 9.27. The van der Waals surface area contributed by atoms with Crippen molar-refractivity contribution in [2.45, 2.75) is 32.1 Å². The van der Waals surface area contributed by atoms with Crippen LogP contribution in [-0.2, 0) is 24.1 Å². The zero-order valence-corrected chi connectivity index (χ0v) is 20.5. The topological polar surface area (TPSA) is 72.1 Å². The lowest BCUT2D eigenvalue weighted by Crippen LogP contribution is -2.37. The SMILES string of the molecule is Nc1cc2c(nc1Br)C(=C1CCN(C(=O)Cc3ccncc3)CC1)c1ccc(Cl)cc1CC2. The van der Waals surface area contributed by atoms with E-state index in [0.717, 1.165) is 47.5 Å². The van der Waals surface area contributed by atoms with Gasteiger partial charge in [0.25, 0.3) is 0 Å². The number of fused-ring (bicyclic) bond motifs is 2. The molecule has 3 heterocycles. The Kier molecular flexibility index (Phi) is 6.21. The zero-order valence-electron chi connectivity index (χ0n) is 18.2. The van der Waals surface area contributed by atoms with Gasteiger partial charge in [-0.1, -0.05) is 23.2 Å². The third-order valence-electron chi connectivity index (χ3n) is 6.50. The highest BCUT2D eigenvalue weighted by Gasteiger charge is 2.27. The van der Waals surface area contributed by atoms with Crippen LogP contribution in [0, 0.1) is 0 Å². The highest BCUT2D eigenvalue weighted by molar-refractivity contribution is 9.10. The summed E-state index contributed by atoms with van der Waals surface area (Å²) in [5.74, 6) is 0.160. The van der Waals surface area contributed by atoms with Gasteiger partial charge < -0.3 is 10.6 Å². The molecule has 1 fully saturated rings. The summed E-state index contributed by atoms with van der Waals surface area (Å²) in [7, 11) is 0. The highest BCUT2D eigenvalue weighted by Crippen LogP contribution is 2.40. The van der Waals surface area contributed by atoms with Gasteiger partial charge >= 0.3 is 0 Å². The minimum Gasteiger partial charge on any atom is -0.397 e. The Morgan fingerprint density at radius 2 is 1.76 bits per heavy atom. The quantitative estimate of drug-likeness (QED) is 0.466. The number of aromatic nitrogens is 2. The highest BCUT2D eigenvalue weighted by atomic mass is 79.9. The van der Waals surface area contributed by atoms with Crippen molar-refractivity contribution < 1.29 is 4.79 Å². The van der Waals surface area contributed by atoms with E-state index >= 15 is 0 Å². The smallest absolute Gasteiger partial charge is 0.227 e. The number of hydrogen-bond acceptors (Lipinski definition) is 4. The summed E-state index contributed by atoms with van der Waals surface area (Å²) in [6, 6.07) is 12.0. The van der Waals surface area contributed by atoms with Crippen molar-refractivity contribution in [2.75, 3.05) is 18.8 Å². The number of carbonyl (C=O) groups is 1. The molecule has 1 amide bonds. The van der Waals surface area contributed by atoms with Crippen molar-refractivity contribution >= 4 is 44.7 Å². The lowest BCUT2D eigenvalue weighted by molar-refractivity contribution is -0.130. The van der Waals surface area contributed by atoms with E-state index in [4.69, 9.17) is 22.3 Å². The molecule has 2 aromatic heterocycles. The zero-order chi connectivity index (χ0) is 22.9. The lowest BCUT2D eigenvalue weighted by Gasteiger charge is -2.30. The van der Waals surface area contributed by atoms with Crippen LogP contribution < -0.4 is 5.73 Å². The van der Waals surface area contributed by atoms with E-state index in [2.05, 4.69) is 33.0 Å². The summed E-state index contributed by atoms with van der Waals surface area (Å²) in [5, 5.41) is 0.745. The Bertz CT molecular complexity index is 1250. The third kappa shape index (κ3) is 4.55. The van der Waals surface area contributed by atoms with Gasteiger partial charge in [0, 0.05) is 36.1 Å². The number of rotatable bonds is 2. The second-order valence-electron chi connectivity index (χ2n) is 8.57. The Morgan fingerprint density at radius 3 is 2.52 bits per heavy atom. The van der Waals surface area contributed by atoms with Crippen molar-refractivity contribution in [1.82, 2.24) is 14.9 Å². The first-order chi connectivity index (χ1) is 16.0. The molecule has 0 bridgehead atoms. The molecule has 7 heteroatoms. The monoisotopic (exact) mass is 522 g/mol. The van der Waals surface area contributed by atoms with Gasteiger partial charge in [0.2, 0.25) is 5.91 Å². The minimum absolute atomic E-state index is 0.160. The van der Waals surface area contributed by atoms with Crippen LogP contribution >= 0.6 is 27.5 Å². The molecule has 0 radical (unpaired) electrons. The average Bonchev–Trinajstić information content (AvgIpc) is 2.96. The molecule has 0 unspecified atom stereocenters. The number of hydrogen-bond donors (Lipinski definition) is 1. The molecule has 5 nitrogen and oxygen atoms in total. The molecule has 1 aliphatic heterocycles. The van der Waals surface area contributed by atoms with E-state index < -0.39 is 0 Å². The number of halogens is 2. The van der Waals surface area contributed by atoms with Crippen LogP contribution in [-0.4, -0.2) is 33.9 Å². The fourth-order valence-corrected chi connectivity index (χ4v) is 5.27. The molecule has 0 atom stereocenters. The van der Waals surface area contributed by atoms with Gasteiger partial charge in [-0.05, 0) is 94.2 Å². The number of benzene rings is 1. The van der Waals surface area contributed by atoms with Gasteiger partial charge in [-0.2, -0.15) is 0 Å². The molecule has 1 aliphatic carbocycles. The van der Waals surface area contributed by atoms with Gasteiger partial charge in [0.05, 0.1) is 17.8 Å². The molecule has 0 spiro atoms. The molecule has 33 heavy (non-hydrogen) atoms. The summed E-state index contributed by atoms with van der Waals surface area (Å²) in [6.45, 7) is 1.41. The van der Waals surface area contributed by atoms with Crippen molar-refractivity contribution in [3.8, 4) is 0 Å². The molecular weight excluding hydrogens is 500 g/mol. The fraction of sp³-hybridized carbons (Fsp3) is 0.269. The predicted octanol–water partition coefficient (Wildman–Crippen LogP) is 5.24. The van der Waals surface area contributed by atoms with Crippen molar-refractivity contribution in [3.63, 3.8) is 0 Å². The number of likely N-dealkylation sites (tertiary alicyclic amines) is 1. The van der Waals surface area contributed by atoms with Crippen molar-refractivity contribution in [3.05, 3.63) is 91.9 Å². The number of nitrogens with zero attached hydrogens (tertiary/aromatic N) is 3. The van der Waals surface area contributed by atoms with E-state index in [9.17, 15) is 4.79 Å². The van der Waals surface area contributed by atoms with E-state index in [1.54, 1.807) is 12.4 Å². The van der Waals surface area contributed by atoms with Gasteiger partial charge in [0.15, 0.2) is 0 Å². The van der Waals surface area contributed by atoms with Crippen LogP contribution in [0.4, 0.5) is 5.69 Å². The number of carbonyl (C=O) groups excluding carboxylic acids is 1. The van der Waals surface area contributed by atoms with Gasteiger partial charge in [0.1, 0.15) is 4.60 Å². The molecule has 168 valence electrons. The predicted molar refractivity (Wildman–Crippen MR) is 135 cm³/mol. The molecular formula is C26H24BrClN4O. The number of nitrogen functional groups attached to an aromatic ring is 1. The van der Waals surface area contributed by atoms with E-state index in [-0.39, 0.29) is 5.91 Å². The first-order valence-electron chi connectivity index (χ1n) is 11.1. The summed E-state index contributed by atoms with van der Waals surface area (Å²) < 4.78 is 0.668. The molecule has 1 aromatic carbocycles. The maximum Gasteiger partial charge on any atom is 0.227 e. The summed E-state index contributed by atoms with van der Waals surface area (Å²) in [4.78, 5) is 23.7. The second-order valence-corrected chi connectivity index (χ2v) is 9.76. The van der Waals surface area contributed by atoms with E-state index in [1.165, 1.54) is 22.3 Å². The summed E-state index contributed by atoms with van der Waals surface area (Å²) in [6.07, 6.45) is 7.26. The van der Waals surface area contributed by atoms with Gasteiger partial charge in [-0.25, -0.2) is 4.98 Å². The van der Waals surface area contributed by atoms with Crippen LogP contribution in [0.15, 0.2) is 59.0 Å². The van der Waals surface area contributed by atoms with Crippen molar-refractivity contribution in [2.24, 2.45) is 0 Å².